The first kappa shape index (κ1) is 17.9. The molecule has 3 aromatic rings. The van der Waals surface area contributed by atoms with Crippen molar-refractivity contribution in [2.24, 2.45) is 0 Å². The summed E-state index contributed by atoms with van der Waals surface area (Å²) in [4.78, 5) is 31.1. The first-order valence-electron chi connectivity index (χ1n) is 10.2. The lowest BCUT2D eigenvalue weighted by Crippen LogP contribution is -3.19. The Morgan fingerprint density at radius 1 is 0.793 bits per heavy atom. The molecule has 2 saturated heterocycles. The zero-order valence-electron chi connectivity index (χ0n) is 16.3. The molecule has 2 aliphatic rings. The molecule has 0 spiro atoms. The minimum absolute atomic E-state index is 0.0606. The van der Waals surface area contributed by atoms with Gasteiger partial charge in [0.25, 0.3) is 5.91 Å². The van der Waals surface area contributed by atoms with Crippen molar-refractivity contribution >= 4 is 34.0 Å². The summed E-state index contributed by atoms with van der Waals surface area (Å²) in [6.07, 6.45) is 0.294. The van der Waals surface area contributed by atoms with Crippen molar-refractivity contribution in [2.75, 3.05) is 36.0 Å². The number of nitrogens with one attached hydrogen (secondary N) is 1. The summed E-state index contributed by atoms with van der Waals surface area (Å²) in [5.74, 6) is -0.149. The molecule has 5 heteroatoms. The fraction of sp³-hybridized carbons (Fsp3) is 0.250. The molecular weight excluding hydrogens is 362 g/mol. The van der Waals surface area contributed by atoms with Gasteiger partial charge in [-0.3, -0.25) is 9.59 Å². The normalized spacial score (nSPS) is 20.6. The average Bonchev–Trinajstić information content (AvgIpc) is 3.08. The predicted octanol–water partition coefficient (Wildman–Crippen LogP) is 1.88. The number of imide groups is 1. The van der Waals surface area contributed by atoms with E-state index >= 15 is 0 Å². The summed E-state index contributed by atoms with van der Waals surface area (Å²) in [5.41, 5.74) is 1.93. The Balaban J connectivity index is 1.35. The van der Waals surface area contributed by atoms with Crippen LogP contribution in [0.5, 0.6) is 0 Å². The molecular formula is C24H24N3O2+. The number of benzene rings is 3. The van der Waals surface area contributed by atoms with Crippen LogP contribution in [0.2, 0.25) is 0 Å². The molecule has 1 N–H and O–H groups in total. The number of carbonyl (C=O) groups excluding carboxylic acids is 2. The van der Waals surface area contributed by atoms with Gasteiger partial charge >= 0.3 is 0 Å². The number of hydrogen-bond acceptors (Lipinski definition) is 3. The maximum Gasteiger partial charge on any atom is 0.292 e. The van der Waals surface area contributed by atoms with Gasteiger partial charge in [0.2, 0.25) is 5.91 Å². The van der Waals surface area contributed by atoms with E-state index in [1.807, 2.05) is 48.5 Å². The SMILES string of the molecule is O=C1C[C@H]([NH+]2CCN(c3ccccc3)CC2)C(=O)N1c1cccc2ccccc12. The van der Waals surface area contributed by atoms with Crippen molar-refractivity contribution in [3.05, 3.63) is 72.8 Å². The van der Waals surface area contributed by atoms with E-state index in [0.29, 0.717) is 12.1 Å². The van der Waals surface area contributed by atoms with Crippen LogP contribution < -0.4 is 14.7 Å². The highest BCUT2D eigenvalue weighted by Gasteiger charge is 2.46. The highest BCUT2D eigenvalue weighted by molar-refractivity contribution is 6.24. The number of nitrogens with zero attached hydrogens (tertiary/aromatic N) is 2. The Morgan fingerprint density at radius 2 is 1.48 bits per heavy atom. The van der Waals surface area contributed by atoms with Crippen molar-refractivity contribution in [2.45, 2.75) is 12.5 Å². The van der Waals surface area contributed by atoms with Crippen LogP contribution in [-0.2, 0) is 9.59 Å². The van der Waals surface area contributed by atoms with Gasteiger partial charge in [0.05, 0.1) is 38.3 Å². The van der Waals surface area contributed by atoms with E-state index in [1.54, 1.807) is 0 Å². The topological polar surface area (TPSA) is 45.1 Å². The van der Waals surface area contributed by atoms with Crippen LogP contribution in [0, 0.1) is 0 Å². The van der Waals surface area contributed by atoms with E-state index in [0.717, 1.165) is 37.0 Å². The molecule has 2 heterocycles. The van der Waals surface area contributed by atoms with Crippen LogP contribution in [0.1, 0.15) is 6.42 Å². The smallest absolute Gasteiger partial charge is 0.292 e. The number of piperazine rings is 1. The molecule has 5 rings (SSSR count). The molecule has 5 nitrogen and oxygen atoms in total. The third-order valence-corrected chi connectivity index (χ3v) is 6.17. The molecule has 2 aliphatic heterocycles. The first-order valence-corrected chi connectivity index (χ1v) is 10.2. The Hall–Kier alpha value is -3.18. The molecule has 0 aliphatic carbocycles. The largest absolute Gasteiger partial charge is 0.360 e. The minimum atomic E-state index is -0.278. The number of para-hydroxylation sites is 1. The van der Waals surface area contributed by atoms with E-state index < -0.39 is 0 Å². The van der Waals surface area contributed by atoms with Crippen molar-refractivity contribution in [3.63, 3.8) is 0 Å². The molecule has 0 bridgehead atoms. The molecule has 146 valence electrons. The first-order chi connectivity index (χ1) is 14.2. The highest BCUT2D eigenvalue weighted by atomic mass is 16.2. The summed E-state index contributed by atoms with van der Waals surface area (Å²) < 4.78 is 0. The molecule has 0 unspecified atom stereocenters. The average molecular weight is 386 g/mol. The minimum Gasteiger partial charge on any atom is -0.360 e. The van der Waals surface area contributed by atoms with E-state index in [-0.39, 0.29) is 17.9 Å². The summed E-state index contributed by atoms with van der Waals surface area (Å²) in [6, 6.07) is 23.8. The van der Waals surface area contributed by atoms with Crippen LogP contribution in [0.3, 0.4) is 0 Å². The molecule has 0 saturated carbocycles. The van der Waals surface area contributed by atoms with Crippen molar-refractivity contribution in [3.8, 4) is 0 Å². The number of anilines is 2. The quantitative estimate of drug-likeness (QED) is 0.699. The van der Waals surface area contributed by atoms with Gasteiger partial charge in [0.15, 0.2) is 6.04 Å². The summed E-state index contributed by atoms with van der Waals surface area (Å²) in [7, 11) is 0. The number of quaternary nitrogens is 1. The number of hydrogen-bond donors (Lipinski definition) is 1. The molecule has 3 aromatic carbocycles. The third-order valence-electron chi connectivity index (χ3n) is 6.17. The highest BCUT2D eigenvalue weighted by Crippen LogP contribution is 2.30. The molecule has 0 aromatic heterocycles. The van der Waals surface area contributed by atoms with Crippen molar-refractivity contribution in [1.82, 2.24) is 0 Å². The van der Waals surface area contributed by atoms with Gasteiger partial charge in [-0.15, -0.1) is 0 Å². The predicted molar refractivity (Wildman–Crippen MR) is 114 cm³/mol. The maximum absolute atomic E-state index is 13.3. The number of rotatable bonds is 3. The zero-order valence-corrected chi connectivity index (χ0v) is 16.3. The van der Waals surface area contributed by atoms with Crippen LogP contribution in [0.25, 0.3) is 10.8 Å². The summed E-state index contributed by atoms with van der Waals surface area (Å²) >= 11 is 0. The lowest BCUT2D eigenvalue weighted by molar-refractivity contribution is -0.915. The molecule has 0 radical (unpaired) electrons. The van der Waals surface area contributed by atoms with Gasteiger partial charge < -0.3 is 9.80 Å². The second-order valence-electron chi connectivity index (χ2n) is 7.80. The lowest BCUT2D eigenvalue weighted by Gasteiger charge is -2.35. The second-order valence-corrected chi connectivity index (χ2v) is 7.80. The Morgan fingerprint density at radius 3 is 2.28 bits per heavy atom. The molecule has 2 fully saturated rings. The number of fused-ring (bicyclic) bond motifs is 1. The third kappa shape index (κ3) is 3.17. The van der Waals surface area contributed by atoms with Crippen molar-refractivity contribution < 1.29 is 14.5 Å². The van der Waals surface area contributed by atoms with Crippen LogP contribution >= 0.6 is 0 Å². The van der Waals surface area contributed by atoms with Gasteiger partial charge in [-0.25, -0.2) is 4.90 Å². The Bertz CT molecular complexity index is 1050. The summed E-state index contributed by atoms with van der Waals surface area (Å²) in [5, 5.41) is 1.99. The molecule has 1 atom stereocenters. The van der Waals surface area contributed by atoms with Crippen molar-refractivity contribution in [1.29, 1.82) is 0 Å². The fourth-order valence-electron chi connectivity index (χ4n) is 4.65. The van der Waals surface area contributed by atoms with Crippen LogP contribution in [0.15, 0.2) is 72.8 Å². The van der Waals surface area contributed by atoms with Gasteiger partial charge in [0.1, 0.15) is 0 Å². The zero-order chi connectivity index (χ0) is 19.8. The van der Waals surface area contributed by atoms with E-state index in [9.17, 15) is 9.59 Å². The van der Waals surface area contributed by atoms with E-state index in [2.05, 4.69) is 29.2 Å². The van der Waals surface area contributed by atoms with Crippen LogP contribution in [0.4, 0.5) is 11.4 Å². The Kier molecular flexibility index (Phi) is 4.52. The maximum atomic E-state index is 13.3. The number of amides is 2. The van der Waals surface area contributed by atoms with Gasteiger partial charge in [0, 0.05) is 11.1 Å². The van der Waals surface area contributed by atoms with E-state index in [4.69, 9.17) is 0 Å². The van der Waals surface area contributed by atoms with Gasteiger partial charge in [-0.05, 0) is 23.6 Å². The van der Waals surface area contributed by atoms with E-state index in [1.165, 1.54) is 15.5 Å². The second kappa shape index (κ2) is 7.33. The number of carbonyl (C=O) groups is 2. The molecule has 29 heavy (non-hydrogen) atoms. The van der Waals surface area contributed by atoms with Gasteiger partial charge in [-0.2, -0.15) is 0 Å². The Labute approximate surface area is 170 Å². The molecule has 2 amide bonds. The standard InChI is InChI=1S/C24H23N3O2/c28-23-17-22(26-15-13-25(14-16-26)19-9-2-1-3-10-19)24(29)27(23)21-12-6-8-18-7-4-5-11-20(18)21/h1-12,22H,13-17H2/p+1/t22-/m0/s1. The summed E-state index contributed by atoms with van der Waals surface area (Å²) in [6.45, 7) is 3.51. The monoisotopic (exact) mass is 386 g/mol. The van der Waals surface area contributed by atoms with Gasteiger partial charge in [-0.1, -0.05) is 54.6 Å². The lowest BCUT2D eigenvalue weighted by atomic mass is 10.1. The van der Waals surface area contributed by atoms with Crippen LogP contribution in [-0.4, -0.2) is 44.0 Å². The fourth-order valence-corrected chi connectivity index (χ4v) is 4.65.